The average molecular weight is 856 g/mol. The van der Waals surface area contributed by atoms with Crippen LogP contribution in [0.5, 0.6) is 0 Å². The van der Waals surface area contributed by atoms with Crippen LogP contribution in [0.25, 0.3) is 0 Å². The molecule has 0 aromatic heterocycles. The predicted octanol–water partition coefficient (Wildman–Crippen LogP) is 15.6. The Balaban J connectivity index is 3.86. The molecule has 2 atom stereocenters. The van der Waals surface area contributed by atoms with Gasteiger partial charge < -0.3 is 20.1 Å². The van der Waals surface area contributed by atoms with Gasteiger partial charge in [0.15, 0.2) is 0 Å². The van der Waals surface area contributed by atoms with Gasteiger partial charge in [0.2, 0.25) is 0 Å². The van der Waals surface area contributed by atoms with Crippen molar-refractivity contribution in [2.75, 3.05) is 33.0 Å². The van der Waals surface area contributed by atoms with Crippen LogP contribution in [0, 0.1) is 0 Å². The maximum absolute atomic E-state index is 12.6. The highest BCUT2D eigenvalue weighted by Crippen LogP contribution is 2.43. The summed E-state index contributed by atoms with van der Waals surface area (Å²) in [6.07, 6.45) is 55.0. The van der Waals surface area contributed by atoms with Crippen LogP contribution >= 0.6 is 7.82 Å². The van der Waals surface area contributed by atoms with E-state index in [9.17, 15) is 14.3 Å². The first-order chi connectivity index (χ1) is 28.9. The highest BCUT2D eigenvalue weighted by atomic mass is 31.2. The quantitative estimate of drug-likeness (QED) is 0.0269. The average Bonchev–Trinajstić information content (AvgIpc) is 3.23. The van der Waals surface area contributed by atoms with Crippen LogP contribution in [-0.2, 0) is 27.9 Å². The Morgan fingerprint density at radius 2 is 0.847 bits per heavy atom. The largest absolute Gasteiger partial charge is 0.472 e. The predicted molar refractivity (Wildman–Crippen MR) is 252 cm³/mol. The van der Waals surface area contributed by atoms with Crippen LogP contribution in [0.1, 0.15) is 251 Å². The summed E-state index contributed by atoms with van der Waals surface area (Å²) in [6, 6.07) is 0. The molecule has 0 aliphatic heterocycles. The number of phosphoric ester groups is 1. The summed E-state index contributed by atoms with van der Waals surface area (Å²) in [6.45, 7) is 4.94. The normalized spacial score (nSPS) is 13.5. The third-order valence-corrected chi connectivity index (χ3v) is 12.1. The van der Waals surface area contributed by atoms with Crippen molar-refractivity contribution in [2.45, 2.75) is 258 Å². The lowest BCUT2D eigenvalue weighted by Gasteiger charge is -2.20. The first-order valence-corrected chi connectivity index (χ1v) is 26.8. The Morgan fingerprint density at radius 1 is 0.492 bits per heavy atom. The number of hydrogen-bond donors (Lipinski definition) is 2. The molecular formula is C50H98NO7P. The molecule has 0 spiro atoms. The molecule has 0 aromatic carbocycles. The zero-order valence-corrected chi connectivity index (χ0v) is 39.9. The van der Waals surface area contributed by atoms with Gasteiger partial charge >= 0.3 is 13.8 Å². The lowest BCUT2D eigenvalue weighted by molar-refractivity contribution is -0.154. The first-order valence-electron chi connectivity index (χ1n) is 25.3. The summed E-state index contributed by atoms with van der Waals surface area (Å²) in [5.41, 5.74) is 5.38. The number of hydrogen-bond acceptors (Lipinski definition) is 7. The second-order valence-corrected chi connectivity index (χ2v) is 18.5. The van der Waals surface area contributed by atoms with Crippen LogP contribution < -0.4 is 5.73 Å². The number of ether oxygens (including phenoxy) is 2. The molecule has 0 saturated heterocycles. The minimum atomic E-state index is -4.28. The van der Waals surface area contributed by atoms with Crippen LogP contribution in [-0.4, -0.2) is 49.9 Å². The van der Waals surface area contributed by atoms with Gasteiger partial charge in [0.05, 0.1) is 19.8 Å². The van der Waals surface area contributed by atoms with Gasteiger partial charge in [-0.3, -0.25) is 13.8 Å². The number of carbonyl (C=O) groups is 1. The standard InChI is InChI=1S/C50H98NO7P/c1-3-5-7-9-11-13-15-17-19-20-21-22-23-24-25-26-27-28-29-30-32-34-36-38-40-42-45-55-47-49(48-57-59(53,54)56-46-44-51)58-50(52)43-41-39-37-35-33-31-18-16-14-12-10-8-6-4-2/h16,18,20-21,49H,3-15,17,19,22-48,51H2,1-2H3,(H,53,54)/b18-16-,21-20-. The van der Waals surface area contributed by atoms with Gasteiger partial charge in [-0.1, -0.05) is 205 Å². The highest BCUT2D eigenvalue weighted by Gasteiger charge is 2.25. The smallest absolute Gasteiger partial charge is 0.457 e. The van der Waals surface area contributed by atoms with E-state index in [1.54, 1.807) is 0 Å². The molecule has 0 aromatic rings. The Hall–Kier alpha value is -1.02. The van der Waals surface area contributed by atoms with Crippen molar-refractivity contribution < 1.29 is 32.8 Å². The molecule has 0 aliphatic rings. The zero-order chi connectivity index (χ0) is 43.0. The van der Waals surface area contributed by atoms with Crippen molar-refractivity contribution in [3.05, 3.63) is 24.3 Å². The molecule has 0 heterocycles. The Morgan fingerprint density at radius 3 is 1.24 bits per heavy atom. The molecule has 2 unspecified atom stereocenters. The third kappa shape index (κ3) is 47.9. The fourth-order valence-electron chi connectivity index (χ4n) is 7.34. The van der Waals surface area contributed by atoms with Crippen LogP contribution in [0.15, 0.2) is 24.3 Å². The minimum absolute atomic E-state index is 0.0950. The summed E-state index contributed by atoms with van der Waals surface area (Å²) in [5.74, 6) is -0.335. The van der Waals surface area contributed by atoms with Crippen molar-refractivity contribution in [1.29, 1.82) is 0 Å². The second kappa shape index (κ2) is 48.0. The van der Waals surface area contributed by atoms with Crippen LogP contribution in [0.3, 0.4) is 0 Å². The zero-order valence-electron chi connectivity index (χ0n) is 39.0. The monoisotopic (exact) mass is 856 g/mol. The fourth-order valence-corrected chi connectivity index (χ4v) is 8.11. The van der Waals surface area contributed by atoms with Gasteiger partial charge in [0.1, 0.15) is 6.10 Å². The van der Waals surface area contributed by atoms with Gasteiger partial charge in [-0.2, -0.15) is 0 Å². The number of allylic oxidation sites excluding steroid dienone is 4. The van der Waals surface area contributed by atoms with E-state index in [0.717, 1.165) is 44.9 Å². The molecule has 0 amide bonds. The molecule has 3 N–H and O–H groups in total. The maximum Gasteiger partial charge on any atom is 0.472 e. The van der Waals surface area contributed by atoms with E-state index < -0.39 is 13.9 Å². The van der Waals surface area contributed by atoms with Gasteiger partial charge in [0, 0.05) is 19.6 Å². The summed E-state index contributed by atoms with van der Waals surface area (Å²) >= 11 is 0. The highest BCUT2D eigenvalue weighted by molar-refractivity contribution is 7.47. The SMILES string of the molecule is CCCCCCC/C=C\CCCCCCCC(=O)OC(COCCCCCCCCCCCCCCCC/C=C\CCCCCCCCCC)COP(=O)(O)OCCN. The Kier molecular flexibility index (Phi) is 47.2. The van der Waals surface area contributed by atoms with Crippen molar-refractivity contribution in [2.24, 2.45) is 5.73 Å². The molecule has 0 saturated carbocycles. The fraction of sp³-hybridized carbons (Fsp3) is 0.900. The molecule has 0 rings (SSSR count). The Bertz CT molecular complexity index is 962. The van der Waals surface area contributed by atoms with E-state index >= 15 is 0 Å². The molecule has 9 heteroatoms. The van der Waals surface area contributed by atoms with Crippen LogP contribution in [0.2, 0.25) is 0 Å². The van der Waals surface area contributed by atoms with Crippen molar-refractivity contribution in [3.8, 4) is 0 Å². The van der Waals surface area contributed by atoms with Crippen molar-refractivity contribution in [3.63, 3.8) is 0 Å². The summed E-state index contributed by atoms with van der Waals surface area (Å²) in [7, 11) is -4.28. The van der Waals surface area contributed by atoms with Gasteiger partial charge in [-0.15, -0.1) is 0 Å². The van der Waals surface area contributed by atoms with E-state index in [1.807, 2.05) is 0 Å². The molecule has 0 fully saturated rings. The molecule has 0 bridgehead atoms. The topological polar surface area (TPSA) is 117 Å². The molecule has 0 radical (unpaired) electrons. The number of nitrogens with two attached hydrogens (primary N) is 1. The van der Waals surface area contributed by atoms with E-state index in [4.69, 9.17) is 24.3 Å². The van der Waals surface area contributed by atoms with E-state index in [0.29, 0.717) is 13.0 Å². The van der Waals surface area contributed by atoms with E-state index in [1.165, 1.54) is 186 Å². The summed E-state index contributed by atoms with van der Waals surface area (Å²) < 4.78 is 33.5. The first kappa shape index (κ1) is 58.0. The summed E-state index contributed by atoms with van der Waals surface area (Å²) in [4.78, 5) is 22.5. The van der Waals surface area contributed by atoms with Gasteiger partial charge in [-0.25, -0.2) is 4.57 Å². The third-order valence-electron chi connectivity index (χ3n) is 11.1. The molecule has 350 valence electrons. The molecule has 8 nitrogen and oxygen atoms in total. The van der Waals surface area contributed by atoms with E-state index in [2.05, 4.69) is 38.2 Å². The lowest BCUT2D eigenvalue weighted by Crippen LogP contribution is -2.28. The number of rotatable bonds is 49. The molecule has 0 aliphatic carbocycles. The van der Waals surface area contributed by atoms with Crippen molar-refractivity contribution in [1.82, 2.24) is 0 Å². The Labute approximate surface area is 366 Å². The minimum Gasteiger partial charge on any atom is -0.457 e. The van der Waals surface area contributed by atoms with Crippen molar-refractivity contribution >= 4 is 13.8 Å². The maximum atomic E-state index is 12.6. The second-order valence-electron chi connectivity index (χ2n) is 17.0. The number of unbranched alkanes of at least 4 members (excludes halogenated alkanes) is 32. The van der Waals surface area contributed by atoms with Gasteiger partial charge in [0.25, 0.3) is 0 Å². The number of esters is 1. The number of carbonyl (C=O) groups excluding carboxylic acids is 1. The van der Waals surface area contributed by atoms with Crippen LogP contribution in [0.4, 0.5) is 0 Å². The lowest BCUT2D eigenvalue weighted by atomic mass is 10.0. The summed E-state index contributed by atoms with van der Waals surface area (Å²) in [5, 5.41) is 0. The van der Waals surface area contributed by atoms with Gasteiger partial charge in [-0.05, 0) is 64.2 Å². The molecular weight excluding hydrogens is 758 g/mol. The number of phosphoric acid groups is 1. The van der Waals surface area contributed by atoms with E-state index in [-0.39, 0.29) is 32.3 Å². The molecule has 59 heavy (non-hydrogen) atoms.